The summed E-state index contributed by atoms with van der Waals surface area (Å²) in [5, 5.41) is 12.1. The van der Waals surface area contributed by atoms with Crippen LogP contribution in [0.2, 0.25) is 5.02 Å². The van der Waals surface area contributed by atoms with E-state index in [0.717, 1.165) is 29.2 Å². The molecule has 0 saturated heterocycles. The van der Waals surface area contributed by atoms with Crippen LogP contribution >= 0.6 is 23.8 Å². The van der Waals surface area contributed by atoms with Gasteiger partial charge in [-0.25, -0.2) is 0 Å². The van der Waals surface area contributed by atoms with E-state index in [1.165, 1.54) is 5.56 Å². The molecule has 3 rings (SSSR count). The molecule has 25 heavy (non-hydrogen) atoms. The molecule has 0 fully saturated rings. The number of thiocarbonyl (C=S) groups is 1. The number of nitrogens with one attached hydrogen (secondary N) is 2. The Balaban J connectivity index is 1.45. The Kier molecular flexibility index (Phi) is 6.04. The Morgan fingerprint density at radius 3 is 2.56 bits per heavy atom. The first kappa shape index (κ1) is 17.5. The van der Waals surface area contributed by atoms with Gasteiger partial charge in [0.2, 0.25) is 0 Å². The Bertz CT molecular complexity index is 815. The highest BCUT2D eigenvalue weighted by Gasteiger charge is 2.02. The van der Waals surface area contributed by atoms with Crippen LogP contribution in [0.1, 0.15) is 11.1 Å². The van der Waals surface area contributed by atoms with Crippen molar-refractivity contribution in [3.8, 4) is 0 Å². The van der Waals surface area contributed by atoms with Crippen LogP contribution in [-0.4, -0.2) is 21.4 Å². The molecule has 0 spiro atoms. The van der Waals surface area contributed by atoms with Gasteiger partial charge in [0.05, 0.1) is 18.4 Å². The summed E-state index contributed by atoms with van der Waals surface area (Å²) in [5.74, 6) is 0. The van der Waals surface area contributed by atoms with Crippen LogP contribution in [0.25, 0.3) is 0 Å². The van der Waals surface area contributed by atoms with E-state index < -0.39 is 0 Å². The maximum Gasteiger partial charge on any atom is 0.170 e. The van der Waals surface area contributed by atoms with Crippen LogP contribution in [0.5, 0.6) is 0 Å². The van der Waals surface area contributed by atoms with E-state index in [2.05, 4.69) is 27.9 Å². The number of anilines is 1. The summed E-state index contributed by atoms with van der Waals surface area (Å²) >= 11 is 11.2. The lowest BCUT2D eigenvalue weighted by Gasteiger charge is -2.08. The van der Waals surface area contributed by atoms with Crippen molar-refractivity contribution in [1.82, 2.24) is 15.1 Å². The molecule has 128 valence electrons. The molecular formula is C19H19ClN4S. The molecule has 2 aromatic carbocycles. The van der Waals surface area contributed by atoms with Gasteiger partial charge in [-0.15, -0.1) is 0 Å². The third kappa shape index (κ3) is 5.59. The lowest BCUT2D eigenvalue weighted by atomic mass is 10.1. The van der Waals surface area contributed by atoms with Gasteiger partial charge in [-0.05, 0) is 41.9 Å². The molecule has 1 heterocycles. The minimum atomic E-state index is 0.599. The second-order valence-corrected chi connectivity index (χ2v) is 6.51. The van der Waals surface area contributed by atoms with Gasteiger partial charge in [0.1, 0.15) is 0 Å². The Labute approximate surface area is 157 Å². The van der Waals surface area contributed by atoms with E-state index in [4.69, 9.17) is 23.8 Å². The minimum Gasteiger partial charge on any atom is -0.362 e. The predicted molar refractivity (Wildman–Crippen MR) is 107 cm³/mol. The molecule has 4 nitrogen and oxygen atoms in total. The number of aromatic nitrogens is 2. The van der Waals surface area contributed by atoms with Crippen LogP contribution < -0.4 is 10.6 Å². The minimum absolute atomic E-state index is 0.599. The zero-order valence-corrected chi connectivity index (χ0v) is 15.2. The molecule has 0 atom stereocenters. The predicted octanol–water partition coefficient (Wildman–Crippen LogP) is 4.11. The summed E-state index contributed by atoms with van der Waals surface area (Å²) in [5.41, 5.74) is 3.29. The van der Waals surface area contributed by atoms with Gasteiger partial charge in [0, 0.05) is 17.8 Å². The number of nitrogens with zero attached hydrogens (tertiary/aromatic N) is 2. The number of hydrogen-bond acceptors (Lipinski definition) is 2. The van der Waals surface area contributed by atoms with E-state index in [1.54, 1.807) is 6.20 Å². The van der Waals surface area contributed by atoms with Crippen LogP contribution in [0, 0.1) is 0 Å². The molecule has 0 radical (unpaired) electrons. The molecule has 0 saturated carbocycles. The first-order chi connectivity index (χ1) is 12.2. The number of benzene rings is 2. The zero-order valence-electron chi connectivity index (χ0n) is 13.7. The monoisotopic (exact) mass is 370 g/mol. The lowest BCUT2D eigenvalue weighted by molar-refractivity contribution is 0.687. The van der Waals surface area contributed by atoms with Crippen molar-refractivity contribution in [2.24, 2.45) is 0 Å². The first-order valence-corrected chi connectivity index (χ1v) is 8.83. The van der Waals surface area contributed by atoms with Gasteiger partial charge in [-0.3, -0.25) is 4.68 Å². The van der Waals surface area contributed by atoms with E-state index in [9.17, 15) is 0 Å². The third-order valence-electron chi connectivity index (χ3n) is 3.69. The second-order valence-electron chi connectivity index (χ2n) is 5.67. The van der Waals surface area contributed by atoms with Crippen molar-refractivity contribution >= 4 is 34.6 Å². The number of halogens is 1. The van der Waals surface area contributed by atoms with Gasteiger partial charge in [0.15, 0.2) is 5.11 Å². The Morgan fingerprint density at radius 1 is 1.04 bits per heavy atom. The fraction of sp³-hybridized carbons (Fsp3) is 0.158. The summed E-state index contributed by atoms with van der Waals surface area (Å²) in [6.45, 7) is 1.47. The first-order valence-electron chi connectivity index (χ1n) is 8.05. The SMILES string of the molecule is S=C(NCCc1ccccc1)Nc1cnn(Cc2ccc(Cl)cc2)c1. The maximum absolute atomic E-state index is 5.90. The average molecular weight is 371 g/mol. The number of hydrogen-bond donors (Lipinski definition) is 2. The Morgan fingerprint density at radius 2 is 1.80 bits per heavy atom. The molecule has 6 heteroatoms. The summed E-state index contributed by atoms with van der Waals surface area (Å²) < 4.78 is 1.86. The number of rotatable bonds is 6. The smallest absolute Gasteiger partial charge is 0.170 e. The van der Waals surface area contributed by atoms with Gasteiger partial charge in [0.25, 0.3) is 0 Å². The normalized spacial score (nSPS) is 10.4. The fourth-order valence-corrected chi connectivity index (χ4v) is 2.78. The summed E-state index contributed by atoms with van der Waals surface area (Å²) in [6.07, 6.45) is 4.62. The molecule has 3 aromatic rings. The molecule has 1 aromatic heterocycles. The van der Waals surface area contributed by atoms with Gasteiger partial charge >= 0.3 is 0 Å². The fourth-order valence-electron chi connectivity index (χ4n) is 2.43. The lowest BCUT2D eigenvalue weighted by Crippen LogP contribution is -2.30. The molecule has 0 bridgehead atoms. The second kappa shape index (κ2) is 8.65. The van der Waals surface area contributed by atoms with Crippen molar-refractivity contribution < 1.29 is 0 Å². The maximum atomic E-state index is 5.90. The van der Waals surface area contributed by atoms with Crippen LogP contribution in [0.15, 0.2) is 67.0 Å². The largest absolute Gasteiger partial charge is 0.362 e. The summed E-state index contributed by atoms with van der Waals surface area (Å²) in [4.78, 5) is 0. The van der Waals surface area contributed by atoms with Gasteiger partial charge in [-0.2, -0.15) is 5.10 Å². The summed E-state index contributed by atoms with van der Waals surface area (Å²) in [7, 11) is 0. The molecule has 2 N–H and O–H groups in total. The quantitative estimate of drug-likeness (QED) is 0.641. The topological polar surface area (TPSA) is 41.9 Å². The van der Waals surface area contributed by atoms with E-state index in [-0.39, 0.29) is 0 Å². The Hall–Kier alpha value is -2.37. The highest BCUT2D eigenvalue weighted by molar-refractivity contribution is 7.80. The van der Waals surface area contributed by atoms with Crippen LogP contribution in [0.4, 0.5) is 5.69 Å². The van der Waals surface area contributed by atoms with Crippen molar-refractivity contribution in [3.63, 3.8) is 0 Å². The van der Waals surface area contributed by atoms with Gasteiger partial charge < -0.3 is 10.6 Å². The molecule has 0 amide bonds. The van der Waals surface area contributed by atoms with E-state index in [1.807, 2.05) is 53.3 Å². The van der Waals surface area contributed by atoms with Crippen molar-refractivity contribution in [1.29, 1.82) is 0 Å². The standard InChI is InChI=1S/C19H19ClN4S/c20-17-8-6-16(7-9-17)13-24-14-18(12-22-24)23-19(25)21-11-10-15-4-2-1-3-5-15/h1-9,12,14H,10-11,13H2,(H2,21,23,25). The third-order valence-corrected chi connectivity index (χ3v) is 4.19. The molecule has 0 aliphatic heterocycles. The van der Waals surface area contributed by atoms with Crippen molar-refractivity contribution in [2.45, 2.75) is 13.0 Å². The summed E-state index contributed by atoms with van der Waals surface area (Å²) in [6, 6.07) is 18.1. The van der Waals surface area contributed by atoms with Crippen molar-refractivity contribution in [2.75, 3.05) is 11.9 Å². The molecule has 0 aliphatic rings. The average Bonchev–Trinajstić information content (AvgIpc) is 3.05. The molecular weight excluding hydrogens is 352 g/mol. The van der Waals surface area contributed by atoms with Gasteiger partial charge in [-0.1, -0.05) is 54.1 Å². The van der Waals surface area contributed by atoms with Crippen molar-refractivity contribution in [3.05, 3.63) is 83.1 Å². The molecule has 0 unspecified atom stereocenters. The van der Waals surface area contributed by atoms with Crippen LogP contribution in [0.3, 0.4) is 0 Å². The highest BCUT2D eigenvalue weighted by atomic mass is 35.5. The zero-order chi connectivity index (χ0) is 17.5. The highest BCUT2D eigenvalue weighted by Crippen LogP contribution is 2.12. The van der Waals surface area contributed by atoms with Crippen LogP contribution in [-0.2, 0) is 13.0 Å². The molecule has 0 aliphatic carbocycles. The van der Waals surface area contributed by atoms with E-state index in [0.29, 0.717) is 11.7 Å². The van der Waals surface area contributed by atoms with E-state index >= 15 is 0 Å².